The zero-order valence-electron chi connectivity index (χ0n) is 14.6. The summed E-state index contributed by atoms with van der Waals surface area (Å²) in [7, 11) is 0. The molecule has 2 atom stereocenters. The standard InChI is InChI=1S/C21H28OS/c1-16(2)18-13-12-17(3)9-8-14-21(4,20(22)15-18)23-19-10-6-5-7-11-19/h5-7,10-12,18H,1,8-9,13-15H2,2-4H3/b17-12-/t18-,21?/m1/s1. The average molecular weight is 329 g/mol. The molecule has 1 aromatic rings. The summed E-state index contributed by atoms with van der Waals surface area (Å²) in [5, 5.41) is 0. The van der Waals surface area contributed by atoms with Gasteiger partial charge in [0.25, 0.3) is 0 Å². The van der Waals surface area contributed by atoms with Crippen LogP contribution in [0.5, 0.6) is 0 Å². The lowest BCUT2D eigenvalue weighted by Gasteiger charge is -2.30. The van der Waals surface area contributed by atoms with Gasteiger partial charge in [-0.15, -0.1) is 11.8 Å². The van der Waals surface area contributed by atoms with E-state index in [0.29, 0.717) is 12.2 Å². The van der Waals surface area contributed by atoms with E-state index in [1.54, 1.807) is 11.8 Å². The smallest absolute Gasteiger partial charge is 0.149 e. The Hall–Kier alpha value is -1.28. The molecule has 1 aromatic carbocycles. The van der Waals surface area contributed by atoms with Crippen LogP contribution < -0.4 is 0 Å². The van der Waals surface area contributed by atoms with Gasteiger partial charge in [0, 0.05) is 11.3 Å². The van der Waals surface area contributed by atoms with Gasteiger partial charge in [-0.1, -0.05) is 42.0 Å². The normalized spacial score (nSPS) is 28.7. The van der Waals surface area contributed by atoms with E-state index in [1.165, 1.54) is 10.5 Å². The van der Waals surface area contributed by atoms with E-state index in [9.17, 15) is 4.79 Å². The number of ketones is 1. The van der Waals surface area contributed by atoms with E-state index in [-0.39, 0.29) is 10.7 Å². The molecule has 1 unspecified atom stereocenters. The van der Waals surface area contributed by atoms with Crippen molar-refractivity contribution in [3.63, 3.8) is 0 Å². The van der Waals surface area contributed by atoms with E-state index >= 15 is 0 Å². The maximum atomic E-state index is 13.1. The Labute approximate surface area is 145 Å². The van der Waals surface area contributed by atoms with Crippen molar-refractivity contribution in [1.82, 2.24) is 0 Å². The van der Waals surface area contributed by atoms with Gasteiger partial charge < -0.3 is 0 Å². The van der Waals surface area contributed by atoms with Gasteiger partial charge >= 0.3 is 0 Å². The summed E-state index contributed by atoms with van der Waals surface area (Å²) in [6, 6.07) is 10.3. The lowest BCUT2D eigenvalue weighted by atomic mass is 9.84. The molecule has 0 bridgehead atoms. The van der Waals surface area contributed by atoms with Crippen LogP contribution in [0.15, 0.2) is 59.0 Å². The molecule has 124 valence electrons. The minimum Gasteiger partial charge on any atom is -0.298 e. The summed E-state index contributed by atoms with van der Waals surface area (Å²) in [4.78, 5) is 14.3. The predicted octanol–water partition coefficient (Wildman–Crippen LogP) is 6.21. The van der Waals surface area contributed by atoms with Gasteiger partial charge in [0.05, 0.1) is 4.75 Å². The molecule has 2 heteroatoms. The van der Waals surface area contributed by atoms with E-state index < -0.39 is 0 Å². The van der Waals surface area contributed by atoms with E-state index in [0.717, 1.165) is 31.3 Å². The number of hydrogen-bond acceptors (Lipinski definition) is 2. The Morgan fingerprint density at radius 1 is 1.30 bits per heavy atom. The highest BCUT2D eigenvalue weighted by atomic mass is 32.2. The topological polar surface area (TPSA) is 17.1 Å². The van der Waals surface area contributed by atoms with Crippen LogP contribution in [0.3, 0.4) is 0 Å². The molecular formula is C21H28OS. The van der Waals surface area contributed by atoms with Crippen molar-refractivity contribution in [3.8, 4) is 0 Å². The molecule has 0 N–H and O–H groups in total. The first kappa shape index (κ1) is 18.1. The number of benzene rings is 1. The monoisotopic (exact) mass is 328 g/mol. The van der Waals surface area contributed by atoms with Crippen LogP contribution in [-0.2, 0) is 4.79 Å². The zero-order valence-corrected chi connectivity index (χ0v) is 15.4. The van der Waals surface area contributed by atoms with Gasteiger partial charge in [-0.2, -0.15) is 0 Å². The number of hydrogen-bond donors (Lipinski definition) is 0. The number of Topliss-reactive ketones (excluding diaryl/α,β-unsaturated/α-hetero) is 1. The van der Waals surface area contributed by atoms with Crippen LogP contribution in [0.25, 0.3) is 0 Å². The van der Waals surface area contributed by atoms with Gasteiger partial charge in [0.1, 0.15) is 5.78 Å². The fourth-order valence-electron chi connectivity index (χ4n) is 3.04. The SMILES string of the molecule is C=C(C)[C@@H]1C/C=C(/C)CCCC(C)(Sc2ccccc2)C(=O)C1. The molecule has 2 rings (SSSR count). The second kappa shape index (κ2) is 8.01. The predicted molar refractivity (Wildman–Crippen MR) is 101 cm³/mol. The van der Waals surface area contributed by atoms with Crippen LogP contribution >= 0.6 is 11.8 Å². The highest BCUT2D eigenvalue weighted by Gasteiger charge is 2.35. The first-order valence-corrected chi connectivity index (χ1v) is 9.31. The summed E-state index contributed by atoms with van der Waals surface area (Å²) >= 11 is 1.73. The van der Waals surface area contributed by atoms with E-state index in [1.807, 2.05) is 18.2 Å². The van der Waals surface area contributed by atoms with E-state index in [2.05, 4.69) is 45.6 Å². The van der Waals surface area contributed by atoms with Crippen LogP contribution in [0.1, 0.15) is 52.9 Å². The van der Waals surface area contributed by atoms with Crippen molar-refractivity contribution in [1.29, 1.82) is 0 Å². The fourth-order valence-corrected chi connectivity index (χ4v) is 4.30. The number of carbonyl (C=O) groups is 1. The Kier molecular flexibility index (Phi) is 6.29. The van der Waals surface area contributed by atoms with Gasteiger partial charge in [-0.3, -0.25) is 4.79 Å². The van der Waals surface area contributed by atoms with Gasteiger partial charge in [0.2, 0.25) is 0 Å². The molecule has 1 aliphatic rings. The quantitative estimate of drug-likeness (QED) is 0.614. The van der Waals surface area contributed by atoms with Gasteiger partial charge in [-0.25, -0.2) is 0 Å². The summed E-state index contributed by atoms with van der Waals surface area (Å²) in [6.45, 7) is 10.5. The minimum atomic E-state index is -0.341. The molecule has 0 saturated heterocycles. The van der Waals surface area contributed by atoms with Crippen molar-refractivity contribution in [2.24, 2.45) is 5.92 Å². The maximum Gasteiger partial charge on any atom is 0.149 e. The third-order valence-corrected chi connectivity index (χ3v) is 6.17. The third-order valence-electron chi connectivity index (χ3n) is 4.78. The summed E-state index contributed by atoms with van der Waals surface area (Å²) in [5.74, 6) is 0.638. The molecule has 1 nitrogen and oxygen atoms in total. The average Bonchev–Trinajstić information content (AvgIpc) is 2.51. The second-order valence-electron chi connectivity index (χ2n) is 6.96. The minimum absolute atomic E-state index is 0.270. The summed E-state index contributed by atoms with van der Waals surface area (Å²) in [5.41, 5.74) is 2.56. The Morgan fingerprint density at radius 3 is 2.65 bits per heavy atom. The summed E-state index contributed by atoms with van der Waals surface area (Å²) < 4.78 is -0.341. The molecule has 0 fully saturated rings. The van der Waals surface area contributed by atoms with Gasteiger partial charge in [0.15, 0.2) is 0 Å². The molecule has 0 aromatic heterocycles. The number of carbonyl (C=O) groups excluding carboxylic acids is 1. The van der Waals surface area contributed by atoms with Crippen molar-refractivity contribution in [3.05, 3.63) is 54.1 Å². The van der Waals surface area contributed by atoms with Gasteiger partial charge in [-0.05, 0) is 64.5 Å². The number of rotatable bonds is 3. The van der Waals surface area contributed by atoms with Crippen LogP contribution in [0, 0.1) is 5.92 Å². The molecule has 0 spiro atoms. The molecule has 0 amide bonds. The zero-order chi connectivity index (χ0) is 16.9. The largest absolute Gasteiger partial charge is 0.298 e. The molecule has 0 saturated carbocycles. The molecule has 1 aliphatic carbocycles. The lowest BCUT2D eigenvalue weighted by molar-refractivity contribution is -0.121. The summed E-state index contributed by atoms with van der Waals surface area (Å²) in [6.07, 6.45) is 6.94. The number of thioether (sulfide) groups is 1. The van der Waals surface area contributed by atoms with Crippen molar-refractivity contribution < 1.29 is 4.79 Å². The van der Waals surface area contributed by atoms with Crippen molar-refractivity contribution in [2.45, 2.75) is 62.5 Å². The van der Waals surface area contributed by atoms with E-state index in [4.69, 9.17) is 0 Å². The second-order valence-corrected chi connectivity index (χ2v) is 8.53. The first-order chi connectivity index (χ1) is 10.9. The molecule has 23 heavy (non-hydrogen) atoms. The lowest BCUT2D eigenvalue weighted by Crippen LogP contribution is -2.33. The highest BCUT2D eigenvalue weighted by Crippen LogP contribution is 2.40. The maximum absolute atomic E-state index is 13.1. The molecule has 0 aliphatic heterocycles. The Balaban J connectivity index is 2.24. The van der Waals surface area contributed by atoms with Crippen LogP contribution in [-0.4, -0.2) is 10.5 Å². The third kappa shape index (κ3) is 5.10. The van der Waals surface area contributed by atoms with Crippen molar-refractivity contribution >= 4 is 17.5 Å². The van der Waals surface area contributed by atoms with Crippen molar-refractivity contribution in [2.75, 3.05) is 0 Å². The molecule has 0 heterocycles. The molecule has 0 radical (unpaired) electrons. The Morgan fingerprint density at radius 2 is 2.00 bits per heavy atom. The number of allylic oxidation sites excluding steroid dienone is 3. The van der Waals surface area contributed by atoms with Crippen LogP contribution in [0.4, 0.5) is 0 Å². The Bertz CT molecular complexity index is 587. The first-order valence-electron chi connectivity index (χ1n) is 8.49. The van der Waals surface area contributed by atoms with Crippen LogP contribution in [0.2, 0.25) is 0 Å². The highest BCUT2D eigenvalue weighted by molar-refractivity contribution is 8.01. The fraction of sp³-hybridized carbons (Fsp3) is 0.476. The molecular weight excluding hydrogens is 300 g/mol.